The fourth-order valence-electron chi connectivity index (χ4n) is 2.43. The van der Waals surface area contributed by atoms with Gasteiger partial charge in [-0.05, 0) is 29.8 Å². The van der Waals surface area contributed by atoms with Gasteiger partial charge in [-0.25, -0.2) is 9.18 Å². The summed E-state index contributed by atoms with van der Waals surface area (Å²) in [5.41, 5.74) is 1.55. The van der Waals surface area contributed by atoms with Crippen LogP contribution in [0.2, 0.25) is 0 Å². The van der Waals surface area contributed by atoms with Gasteiger partial charge >= 0.3 is 5.97 Å². The van der Waals surface area contributed by atoms with Crippen LogP contribution in [-0.2, 0) is 4.79 Å². The standard InChI is InChI=1S/C20H13BrFNO3S/c21-14-8-5-12(6-9-14)15-11-27-19(18(15)20(25)26)23-17(24)10-7-13-3-1-2-4-16(13)22/h1-11H,(H,23,24)(H,25,26)/b10-7+. The molecule has 0 aliphatic rings. The van der Waals surface area contributed by atoms with E-state index in [1.165, 1.54) is 18.2 Å². The highest BCUT2D eigenvalue weighted by Crippen LogP contribution is 2.36. The Morgan fingerprint density at radius 2 is 1.81 bits per heavy atom. The van der Waals surface area contributed by atoms with Gasteiger partial charge in [0.1, 0.15) is 16.4 Å². The van der Waals surface area contributed by atoms with E-state index in [-0.39, 0.29) is 16.1 Å². The van der Waals surface area contributed by atoms with Crippen molar-refractivity contribution in [1.82, 2.24) is 0 Å². The number of anilines is 1. The van der Waals surface area contributed by atoms with Crippen molar-refractivity contribution in [2.45, 2.75) is 0 Å². The average molecular weight is 446 g/mol. The van der Waals surface area contributed by atoms with Crippen LogP contribution in [-0.4, -0.2) is 17.0 Å². The first-order valence-electron chi connectivity index (χ1n) is 7.80. The Bertz CT molecular complexity index is 1030. The van der Waals surface area contributed by atoms with Gasteiger partial charge in [-0.1, -0.05) is 46.3 Å². The van der Waals surface area contributed by atoms with Gasteiger partial charge in [0.05, 0.1) is 0 Å². The number of carboxylic acids is 1. The number of carbonyl (C=O) groups is 2. The smallest absolute Gasteiger partial charge is 0.339 e. The third-order valence-electron chi connectivity index (χ3n) is 3.72. The third kappa shape index (κ3) is 4.50. The second kappa shape index (κ2) is 8.28. The molecule has 0 fully saturated rings. The summed E-state index contributed by atoms with van der Waals surface area (Å²) in [7, 11) is 0. The molecule has 0 spiro atoms. The molecule has 0 atom stereocenters. The Morgan fingerprint density at radius 1 is 1.11 bits per heavy atom. The van der Waals surface area contributed by atoms with Crippen LogP contribution in [0.15, 0.2) is 64.5 Å². The van der Waals surface area contributed by atoms with E-state index in [1.807, 2.05) is 12.1 Å². The lowest BCUT2D eigenvalue weighted by Gasteiger charge is -2.04. The second-order valence-electron chi connectivity index (χ2n) is 5.51. The van der Waals surface area contributed by atoms with Crippen LogP contribution in [0.3, 0.4) is 0 Å². The number of benzene rings is 2. The predicted octanol–water partition coefficient (Wildman–Crippen LogP) is 5.67. The van der Waals surface area contributed by atoms with Gasteiger partial charge in [0.25, 0.3) is 0 Å². The molecule has 1 amide bonds. The average Bonchev–Trinajstić information content (AvgIpc) is 3.05. The molecule has 1 heterocycles. The maximum absolute atomic E-state index is 13.6. The first kappa shape index (κ1) is 19.0. The molecule has 0 saturated carbocycles. The molecule has 7 heteroatoms. The minimum Gasteiger partial charge on any atom is -0.478 e. The van der Waals surface area contributed by atoms with Gasteiger partial charge < -0.3 is 10.4 Å². The lowest BCUT2D eigenvalue weighted by Crippen LogP contribution is -2.10. The van der Waals surface area contributed by atoms with E-state index >= 15 is 0 Å². The SMILES string of the molecule is O=C(/C=C/c1ccccc1F)Nc1scc(-c2ccc(Br)cc2)c1C(=O)O. The molecule has 4 nitrogen and oxygen atoms in total. The molecule has 0 unspecified atom stereocenters. The summed E-state index contributed by atoms with van der Waals surface area (Å²) < 4.78 is 14.5. The van der Waals surface area contributed by atoms with Crippen molar-refractivity contribution in [1.29, 1.82) is 0 Å². The van der Waals surface area contributed by atoms with E-state index in [0.29, 0.717) is 5.56 Å². The van der Waals surface area contributed by atoms with Crippen LogP contribution < -0.4 is 5.32 Å². The maximum Gasteiger partial charge on any atom is 0.339 e. The molecular weight excluding hydrogens is 433 g/mol. The van der Waals surface area contributed by atoms with Crippen LogP contribution in [0.4, 0.5) is 9.39 Å². The Hall–Kier alpha value is -2.77. The Balaban J connectivity index is 1.85. The third-order valence-corrected chi connectivity index (χ3v) is 5.14. The number of carboxylic acid groups (broad SMARTS) is 1. The highest BCUT2D eigenvalue weighted by atomic mass is 79.9. The largest absolute Gasteiger partial charge is 0.478 e. The highest BCUT2D eigenvalue weighted by molar-refractivity contribution is 9.10. The summed E-state index contributed by atoms with van der Waals surface area (Å²) in [5, 5.41) is 14.1. The molecule has 0 aliphatic heterocycles. The van der Waals surface area contributed by atoms with E-state index in [0.717, 1.165) is 21.4 Å². The predicted molar refractivity (Wildman–Crippen MR) is 108 cm³/mol. The topological polar surface area (TPSA) is 66.4 Å². The highest BCUT2D eigenvalue weighted by Gasteiger charge is 2.20. The van der Waals surface area contributed by atoms with Gasteiger partial charge in [-0.3, -0.25) is 4.79 Å². The summed E-state index contributed by atoms with van der Waals surface area (Å²) in [6, 6.07) is 13.3. The first-order valence-corrected chi connectivity index (χ1v) is 9.47. The van der Waals surface area contributed by atoms with Crippen molar-refractivity contribution in [3.8, 4) is 11.1 Å². The number of hydrogen-bond acceptors (Lipinski definition) is 3. The molecule has 1 aromatic heterocycles. The number of nitrogens with one attached hydrogen (secondary N) is 1. The number of rotatable bonds is 5. The molecule has 27 heavy (non-hydrogen) atoms. The lowest BCUT2D eigenvalue weighted by molar-refractivity contribution is -0.111. The zero-order valence-electron chi connectivity index (χ0n) is 13.8. The molecule has 0 saturated heterocycles. The summed E-state index contributed by atoms with van der Waals surface area (Å²) in [6.07, 6.45) is 2.51. The number of aromatic carboxylic acids is 1. The van der Waals surface area contributed by atoms with Gasteiger partial charge in [0.15, 0.2) is 0 Å². The number of hydrogen-bond donors (Lipinski definition) is 2. The van der Waals surface area contributed by atoms with E-state index in [2.05, 4.69) is 21.2 Å². The van der Waals surface area contributed by atoms with E-state index in [4.69, 9.17) is 0 Å². The van der Waals surface area contributed by atoms with Crippen molar-refractivity contribution >= 4 is 50.2 Å². The molecule has 136 valence electrons. The molecule has 2 N–H and O–H groups in total. The van der Waals surface area contributed by atoms with E-state index in [9.17, 15) is 19.1 Å². The van der Waals surface area contributed by atoms with Crippen LogP contribution in [0.25, 0.3) is 17.2 Å². The minimum absolute atomic E-state index is 0.0231. The summed E-state index contributed by atoms with van der Waals surface area (Å²) in [6.45, 7) is 0. The quantitative estimate of drug-likeness (QED) is 0.497. The summed E-state index contributed by atoms with van der Waals surface area (Å²) in [5.74, 6) is -2.12. The van der Waals surface area contributed by atoms with Crippen LogP contribution in [0.1, 0.15) is 15.9 Å². The number of carbonyl (C=O) groups excluding carboxylic acids is 1. The van der Waals surface area contributed by atoms with Gasteiger partial charge in [-0.2, -0.15) is 0 Å². The molecule has 0 aliphatic carbocycles. The fourth-order valence-corrected chi connectivity index (χ4v) is 3.66. The molecule has 2 aromatic carbocycles. The number of halogens is 2. The zero-order valence-corrected chi connectivity index (χ0v) is 16.2. The fraction of sp³-hybridized carbons (Fsp3) is 0. The Kier molecular flexibility index (Phi) is 5.83. The number of thiophene rings is 1. The van der Waals surface area contributed by atoms with Crippen molar-refractivity contribution in [2.24, 2.45) is 0 Å². The Labute approximate surface area is 167 Å². The van der Waals surface area contributed by atoms with Gasteiger partial charge in [0, 0.05) is 27.1 Å². The van der Waals surface area contributed by atoms with Crippen LogP contribution >= 0.6 is 27.3 Å². The van der Waals surface area contributed by atoms with Crippen LogP contribution in [0, 0.1) is 5.82 Å². The lowest BCUT2D eigenvalue weighted by atomic mass is 10.0. The molecule has 3 aromatic rings. The maximum atomic E-state index is 13.6. The van der Waals surface area contributed by atoms with E-state index < -0.39 is 17.7 Å². The number of amides is 1. The molecule has 0 bridgehead atoms. The van der Waals surface area contributed by atoms with Gasteiger partial charge in [0.2, 0.25) is 5.91 Å². The summed E-state index contributed by atoms with van der Waals surface area (Å²) >= 11 is 4.46. The molecule has 0 radical (unpaired) electrons. The minimum atomic E-state index is -1.14. The normalized spacial score (nSPS) is 10.9. The monoisotopic (exact) mass is 445 g/mol. The Morgan fingerprint density at radius 3 is 2.48 bits per heavy atom. The second-order valence-corrected chi connectivity index (χ2v) is 7.30. The molecule has 3 rings (SSSR count). The van der Waals surface area contributed by atoms with Gasteiger partial charge in [-0.15, -0.1) is 11.3 Å². The van der Waals surface area contributed by atoms with Crippen LogP contribution in [0.5, 0.6) is 0 Å². The van der Waals surface area contributed by atoms with E-state index in [1.54, 1.807) is 35.7 Å². The first-order chi connectivity index (χ1) is 13.0. The zero-order chi connectivity index (χ0) is 19.4. The van der Waals surface area contributed by atoms with Crippen molar-refractivity contribution in [2.75, 3.05) is 5.32 Å². The van der Waals surface area contributed by atoms with Crippen molar-refractivity contribution in [3.05, 3.63) is 81.4 Å². The summed E-state index contributed by atoms with van der Waals surface area (Å²) in [4.78, 5) is 23.9. The van der Waals surface area contributed by atoms with Crippen molar-refractivity contribution < 1.29 is 19.1 Å². The molecular formula is C20H13BrFNO3S. The van der Waals surface area contributed by atoms with Crippen molar-refractivity contribution in [3.63, 3.8) is 0 Å².